The minimum Gasteiger partial charge on any atom is -0.490 e. The molecule has 1 amide bonds. The highest BCUT2D eigenvalue weighted by Gasteiger charge is 2.02. The largest absolute Gasteiger partial charge is 0.490 e. The summed E-state index contributed by atoms with van der Waals surface area (Å²) in [4.78, 5) is 15.5. The van der Waals surface area contributed by atoms with Crippen LogP contribution in [-0.2, 0) is 11.3 Å². The summed E-state index contributed by atoms with van der Waals surface area (Å²) in [6, 6.07) is 17.6. The first-order chi connectivity index (χ1) is 11.8. The monoisotopic (exact) mass is 322 g/mol. The van der Waals surface area contributed by atoms with Crippen LogP contribution in [-0.4, -0.2) is 24.3 Å². The first kappa shape index (κ1) is 15.8. The van der Waals surface area contributed by atoms with Gasteiger partial charge in [0.05, 0.1) is 0 Å². The number of pyridine rings is 1. The van der Waals surface area contributed by atoms with Crippen molar-refractivity contribution in [2.45, 2.75) is 6.54 Å². The van der Waals surface area contributed by atoms with Gasteiger partial charge < -0.3 is 14.8 Å². The normalized spacial score (nSPS) is 10.3. The number of hydrogen-bond acceptors (Lipinski definition) is 4. The van der Waals surface area contributed by atoms with Gasteiger partial charge in [0, 0.05) is 18.9 Å². The second kappa shape index (κ2) is 7.97. The third-order valence-corrected chi connectivity index (χ3v) is 3.49. The molecule has 0 radical (unpaired) electrons. The molecule has 3 rings (SSSR count). The Bertz CT molecular complexity index is 806. The molecule has 1 aromatic heterocycles. The fourth-order valence-corrected chi connectivity index (χ4v) is 2.28. The van der Waals surface area contributed by atoms with E-state index in [0.717, 1.165) is 22.1 Å². The number of ether oxygens (including phenoxy) is 2. The van der Waals surface area contributed by atoms with Crippen molar-refractivity contribution in [2.75, 3.05) is 13.2 Å². The number of aromatic nitrogens is 1. The summed E-state index contributed by atoms with van der Waals surface area (Å²) in [5.41, 5.74) is 0.967. The highest BCUT2D eigenvalue weighted by molar-refractivity contribution is 5.83. The van der Waals surface area contributed by atoms with Crippen molar-refractivity contribution in [2.24, 2.45) is 0 Å². The van der Waals surface area contributed by atoms with Crippen molar-refractivity contribution in [3.05, 3.63) is 72.6 Å². The number of nitrogens with zero attached hydrogens (tertiary/aromatic N) is 1. The van der Waals surface area contributed by atoms with Gasteiger partial charge in [0.2, 0.25) is 0 Å². The molecule has 0 bridgehead atoms. The number of benzene rings is 2. The predicted octanol–water partition coefficient (Wildman–Crippen LogP) is 3.54. The van der Waals surface area contributed by atoms with Crippen LogP contribution in [0.3, 0.4) is 0 Å². The minimum absolute atomic E-state index is 0.189. The van der Waals surface area contributed by atoms with E-state index in [4.69, 9.17) is 9.47 Å². The Hall–Kier alpha value is -3.08. The molecule has 0 atom stereocenters. The summed E-state index contributed by atoms with van der Waals surface area (Å²) < 4.78 is 10.7. The molecule has 24 heavy (non-hydrogen) atoms. The molecule has 0 saturated carbocycles. The summed E-state index contributed by atoms with van der Waals surface area (Å²) in [6.07, 6.45) is 2.90. The number of fused-ring (bicyclic) bond motifs is 1. The van der Waals surface area contributed by atoms with Crippen LogP contribution in [0.2, 0.25) is 0 Å². The van der Waals surface area contributed by atoms with Crippen molar-refractivity contribution < 1.29 is 14.3 Å². The second-order valence-corrected chi connectivity index (χ2v) is 5.20. The van der Waals surface area contributed by atoms with Crippen LogP contribution in [0, 0.1) is 0 Å². The third kappa shape index (κ3) is 4.46. The van der Waals surface area contributed by atoms with E-state index in [2.05, 4.69) is 16.4 Å². The summed E-state index contributed by atoms with van der Waals surface area (Å²) in [5.74, 6) is 0.759. The van der Waals surface area contributed by atoms with Gasteiger partial charge in [0.1, 0.15) is 19.0 Å². The van der Waals surface area contributed by atoms with Crippen molar-refractivity contribution in [3.63, 3.8) is 0 Å². The lowest BCUT2D eigenvalue weighted by Gasteiger charge is -2.09. The van der Waals surface area contributed by atoms with Gasteiger partial charge >= 0.3 is 6.09 Å². The van der Waals surface area contributed by atoms with E-state index in [-0.39, 0.29) is 6.61 Å². The standard InChI is InChI=1S/C19H18N2O3/c22-19(21-14-15-7-9-20-10-8-15)24-12-11-23-18-6-5-16-3-1-2-4-17(16)13-18/h1-10,13H,11-12,14H2,(H,21,22). The maximum absolute atomic E-state index is 11.6. The Labute approximate surface area is 140 Å². The lowest BCUT2D eigenvalue weighted by Crippen LogP contribution is -2.25. The molecule has 2 aromatic carbocycles. The third-order valence-electron chi connectivity index (χ3n) is 3.49. The Kier molecular flexibility index (Phi) is 5.24. The molecule has 0 fully saturated rings. The van der Waals surface area contributed by atoms with Crippen LogP contribution in [0.25, 0.3) is 10.8 Å². The number of amides is 1. The molecule has 5 nitrogen and oxygen atoms in total. The summed E-state index contributed by atoms with van der Waals surface area (Å²) in [6.45, 7) is 0.906. The molecule has 3 aromatic rings. The van der Waals surface area contributed by atoms with Gasteiger partial charge in [-0.25, -0.2) is 4.79 Å². The van der Waals surface area contributed by atoms with Gasteiger partial charge in [-0.2, -0.15) is 0 Å². The smallest absolute Gasteiger partial charge is 0.407 e. The first-order valence-electron chi connectivity index (χ1n) is 7.72. The van der Waals surface area contributed by atoms with E-state index in [1.165, 1.54) is 0 Å². The van der Waals surface area contributed by atoms with Gasteiger partial charge in [-0.3, -0.25) is 4.98 Å². The summed E-state index contributed by atoms with van der Waals surface area (Å²) in [5, 5.41) is 4.96. The SMILES string of the molecule is O=C(NCc1ccncc1)OCCOc1ccc2ccccc2c1. The highest BCUT2D eigenvalue weighted by atomic mass is 16.6. The van der Waals surface area contributed by atoms with Crippen LogP contribution in [0.1, 0.15) is 5.56 Å². The van der Waals surface area contributed by atoms with E-state index in [1.807, 2.05) is 48.5 Å². The van der Waals surface area contributed by atoms with Crippen LogP contribution >= 0.6 is 0 Å². The van der Waals surface area contributed by atoms with Crippen molar-refractivity contribution in [3.8, 4) is 5.75 Å². The van der Waals surface area contributed by atoms with E-state index in [0.29, 0.717) is 13.2 Å². The van der Waals surface area contributed by atoms with Crippen LogP contribution in [0.4, 0.5) is 4.79 Å². The number of rotatable bonds is 6. The van der Waals surface area contributed by atoms with E-state index in [9.17, 15) is 4.79 Å². The summed E-state index contributed by atoms with van der Waals surface area (Å²) in [7, 11) is 0. The fraction of sp³-hybridized carbons (Fsp3) is 0.158. The van der Waals surface area contributed by atoms with Crippen molar-refractivity contribution in [1.29, 1.82) is 0 Å². The first-order valence-corrected chi connectivity index (χ1v) is 7.72. The molecule has 0 aliphatic rings. The van der Waals surface area contributed by atoms with Gasteiger partial charge in [-0.1, -0.05) is 30.3 Å². The Balaban J connectivity index is 1.39. The molecule has 1 heterocycles. The average Bonchev–Trinajstić information content (AvgIpc) is 2.64. The quantitative estimate of drug-likeness (QED) is 0.705. The van der Waals surface area contributed by atoms with Crippen LogP contribution in [0.5, 0.6) is 5.75 Å². The molecule has 122 valence electrons. The molecule has 0 spiro atoms. The molecule has 0 saturated heterocycles. The zero-order chi connectivity index (χ0) is 16.6. The zero-order valence-corrected chi connectivity index (χ0v) is 13.1. The Morgan fingerprint density at radius 2 is 1.75 bits per heavy atom. The van der Waals surface area contributed by atoms with Crippen molar-refractivity contribution in [1.82, 2.24) is 10.3 Å². The number of carbonyl (C=O) groups is 1. The molecular formula is C19H18N2O3. The predicted molar refractivity (Wildman–Crippen MR) is 91.9 cm³/mol. The maximum Gasteiger partial charge on any atom is 0.407 e. The van der Waals surface area contributed by atoms with Gasteiger partial charge in [-0.05, 0) is 40.6 Å². The van der Waals surface area contributed by atoms with E-state index in [1.54, 1.807) is 12.4 Å². The molecule has 0 unspecified atom stereocenters. The van der Waals surface area contributed by atoms with Crippen LogP contribution < -0.4 is 10.1 Å². The van der Waals surface area contributed by atoms with Crippen LogP contribution in [0.15, 0.2) is 67.0 Å². The topological polar surface area (TPSA) is 60.5 Å². The molecular weight excluding hydrogens is 304 g/mol. The number of nitrogens with one attached hydrogen (secondary N) is 1. The summed E-state index contributed by atoms with van der Waals surface area (Å²) >= 11 is 0. The number of alkyl carbamates (subject to hydrolysis) is 1. The minimum atomic E-state index is -0.464. The van der Waals surface area contributed by atoms with Crippen molar-refractivity contribution >= 4 is 16.9 Å². The van der Waals surface area contributed by atoms with E-state index < -0.39 is 6.09 Å². The Morgan fingerprint density at radius 3 is 2.58 bits per heavy atom. The van der Waals surface area contributed by atoms with Gasteiger partial charge in [0.15, 0.2) is 0 Å². The van der Waals surface area contributed by atoms with Gasteiger partial charge in [-0.15, -0.1) is 0 Å². The van der Waals surface area contributed by atoms with E-state index >= 15 is 0 Å². The highest BCUT2D eigenvalue weighted by Crippen LogP contribution is 2.20. The Morgan fingerprint density at radius 1 is 0.958 bits per heavy atom. The molecule has 1 N–H and O–H groups in total. The molecule has 5 heteroatoms. The lowest BCUT2D eigenvalue weighted by atomic mass is 10.1. The maximum atomic E-state index is 11.6. The zero-order valence-electron chi connectivity index (χ0n) is 13.1. The average molecular weight is 322 g/mol. The number of carbonyl (C=O) groups excluding carboxylic acids is 1. The number of hydrogen-bond donors (Lipinski definition) is 1. The fourth-order valence-electron chi connectivity index (χ4n) is 2.28. The second-order valence-electron chi connectivity index (χ2n) is 5.20. The molecule has 0 aliphatic heterocycles. The van der Waals surface area contributed by atoms with Gasteiger partial charge in [0.25, 0.3) is 0 Å². The molecule has 0 aliphatic carbocycles. The lowest BCUT2D eigenvalue weighted by molar-refractivity contribution is 0.124.